The van der Waals surface area contributed by atoms with E-state index in [-0.39, 0.29) is 16.3 Å². The highest BCUT2D eigenvalue weighted by Crippen LogP contribution is 2.21. The number of ether oxygens (including phenoxy) is 1. The fourth-order valence-corrected chi connectivity index (χ4v) is 2.29. The summed E-state index contributed by atoms with van der Waals surface area (Å²) in [5.74, 6) is -1.73. The summed E-state index contributed by atoms with van der Waals surface area (Å²) >= 11 is 9.12. The van der Waals surface area contributed by atoms with Gasteiger partial charge in [0.15, 0.2) is 6.61 Å². The van der Waals surface area contributed by atoms with Crippen LogP contribution in [0.3, 0.4) is 0 Å². The first-order chi connectivity index (χ1) is 10.9. The van der Waals surface area contributed by atoms with Crippen molar-refractivity contribution in [2.75, 3.05) is 11.9 Å². The number of nitrogens with one attached hydrogen (secondary N) is 1. The second-order valence-electron chi connectivity index (χ2n) is 4.71. The molecule has 0 saturated heterocycles. The maximum Gasteiger partial charge on any atom is 0.340 e. The zero-order chi connectivity index (χ0) is 17.0. The van der Waals surface area contributed by atoms with Crippen molar-refractivity contribution in [2.24, 2.45) is 0 Å². The van der Waals surface area contributed by atoms with Crippen LogP contribution in [0.5, 0.6) is 0 Å². The molecule has 0 fully saturated rings. The average molecular weight is 401 g/mol. The molecule has 1 amide bonds. The Morgan fingerprint density at radius 2 is 2.00 bits per heavy atom. The van der Waals surface area contributed by atoms with Crippen molar-refractivity contribution in [3.05, 3.63) is 62.8 Å². The Labute approximate surface area is 145 Å². The van der Waals surface area contributed by atoms with Crippen LogP contribution in [0.15, 0.2) is 40.9 Å². The predicted octanol–water partition coefficient (Wildman–Crippen LogP) is 4.35. The van der Waals surface area contributed by atoms with Gasteiger partial charge in [0.2, 0.25) is 0 Å². The number of amides is 1. The van der Waals surface area contributed by atoms with Crippen molar-refractivity contribution < 1.29 is 18.7 Å². The Morgan fingerprint density at radius 1 is 1.26 bits per heavy atom. The second-order valence-corrected chi connectivity index (χ2v) is 6.04. The third-order valence-electron chi connectivity index (χ3n) is 2.94. The first-order valence-electron chi connectivity index (χ1n) is 6.55. The number of anilines is 1. The summed E-state index contributed by atoms with van der Waals surface area (Å²) in [5.41, 5.74) is 0.906. The molecule has 120 valence electrons. The molecule has 0 unspecified atom stereocenters. The van der Waals surface area contributed by atoms with Gasteiger partial charge in [0.05, 0.1) is 10.6 Å². The molecule has 0 aliphatic heterocycles. The fraction of sp³-hybridized carbons (Fsp3) is 0.125. The summed E-state index contributed by atoms with van der Waals surface area (Å²) < 4.78 is 19.0. The summed E-state index contributed by atoms with van der Waals surface area (Å²) in [6.45, 7) is 1.11. The summed E-state index contributed by atoms with van der Waals surface area (Å²) in [6, 6.07) is 9.01. The highest BCUT2D eigenvalue weighted by molar-refractivity contribution is 9.10. The molecule has 2 aromatic rings. The molecule has 4 nitrogen and oxygen atoms in total. The van der Waals surface area contributed by atoms with E-state index in [9.17, 15) is 14.0 Å². The van der Waals surface area contributed by atoms with E-state index in [1.165, 1.54) is 24.3 Å². The Bertz CT molecular complexity index is 767. The molecule has 0 atom stereocenters. The summed E-state index contributed by atoms with van der Waals surface area (Å²) in [7, 11) is 0. The summed E-state index contributed by atoms with van der Waals surface area (Å²) in [6.07, 6.45) is 0. The number of carbonyl (C=O) groups excluding carboxylic acids is 2. The van der Waals surface area contributed by atoms with Gasteiger partial charge < -0.3 is 10.1 Å². The standard InChI is InChI=1S/C16H12BrClFNO3/c1-9-2-4-11(7-14(9)19)20-15(21)8-23-16(22)12-6-10(17)3-5-13(12)18/h2-7H,8H2,1H3,(H,20,21). The highest BCUT2D eigenvalue weighted by atomic mass is 79.9. The molecule has 0 bridgehead atoms. The van der Waals surface area contributed by atoms with Crippen LogP contribution >= 0.6 is 27.5 Å². The van der Waals surface area contributed by atoms with Crippen molar-refractivity contribution >= 4 is 45.1 Å². The van der Waals surface area contributed by atoms with Crippen LogP contribution in [0.1, 0.15) is 15.9 Å². The number of hydrogen-bond donors (Lipinski definition) is 1. The predicted molar refractivity (Wildman–Crippen MR) is 89.2 cm³/mol. The summed E-state index contributed by atoms with van der Waals surface area (Å²) in [4.78, 5) is 23.6. The van der Waals surface area contributed by atoms with Gasteiger partial charge in [0, 0.05) is 10.2 Å². The minimum absolute atomic E-state index is 0.148. The third kappa shape index (κ3) is 4.77. The van der Waals surface area contributed by atoms with Crippen LogP contribution in [0, 0.1) is 12.7 Å². The molecule has 2 rings (SSSR count). The number of halogens is 3. The van der Waals surface area contributed by atoms with Crippen LogP contribution in [0.4, 0.5) is 10.1 Å². The molecule has 0 spiro atoms. The SMILES string of the molecule is Cc1ccc(NC(=O)COC(=O)c2cc(Br)ccc2Cl)cc1F. The normalized spacial score (nSPS) is 10.3. The lowest BCUT2D eigenvalue weighted by Gasteiger charge is -2.08. The number of esters is 1. The van der Waals surface area contributed by atoms with Gasteiger partial charge in [-0.2, -0.15) is 0 Å². The molecule has 2 aromatic carbocycles. The van der Waals surface area contributed by atoms with Crippen molar-refractivity contribution in [1.82, 2.24) is 0 Å². The minimum atomic E-state index is -0.721. The van der Waals surface area contributed by atoms with Crippen LogP contribution in [-0.4, -0.2) is 18.5 Å². The van der Waals surface area contributed by atoms with Gasteiger partial charge in [-0.25, -0.2) is 9.18 Å². The molecule has 0 saturated carbocycles. The van der Waals surface area contributed by atoms with Crippen LogP contribution < -0.4 is 5.32 Å². The first-order valence-corrected chi connectivity index (χ1v) is 7.72. The van der Waals surface area contributed by atoms with Crippen molar-refractivity contribution in [3.8, 4) is 0 Å². The molecule has 0 heterocycles. The van der Waals surface area contributed by atoms with Gasteiger partial charge in [-0.15, -0.1) is 0 Å². The maximum atomic E-state index is 13.4. The van der Waals surface area contributed by atoms with E-state index >= 15 is 0 Å². The molecular weight excluding hydrogens is 389 g/mol. The Kier molecular flexibility index (Phi) is 5.74. The van der Waals surface area contributed by atoms with Crippen molar-refractivity contribution in [3.63, 3.8) is 0 Å². The van der Waals surface area contributed by atoms with E-state index in [0.29, 0.717) is 10.0 Å². The molecular formula is C16H12BrClFNO3. The highest BCUT2D eigenvalue weighted by Gasteiger charge is 2.14. The molecule has 0 aromatic heterocycles. The van der Waals surface area contributed by atoms with E-state index in [0.717, 1.165) is 0 Å². The topological polar surface area (TPSA) is 55.4 Å². The van der Waals surface area contributed by atoms with E-state index in [2.05, 4.69) is 21.2 Å². The zero-order valence-electron chi connectivity index (χ0n) is 12.0. The molecule has 7 heteroatoms. The van der Waals surface area contributed by atoms with Gasteiger partial charge >= 0.3 is 5.97 Å². The van der Waals surface area contributed by atoms with Gasteiger partial charge in [-0.1, -0.05) is 33.6 Å². The smallest absolute Gasteiger partial charge is 0.340 e. The summed E-state index contributed by atoms with van der Waals surface area (Å²) in [5, 5.41) is 2.67. The lowest BCUT2D eigenvalue weighted by molar-refractivity contribution is -0.119. The van der Waals surface area contributed by atoms with Crippen LogP contribution in [0.25, 0.3) is 0 Å². The van der Waals surface area contributed by atoms with E-state index < -0.39 is 24.3 Å². The number of aryl methyl sites for hydroxylation is 1. The van der Waals surface area contributed by atoms with Crippen molar-refractivity contribution in [2.45, 2.75) is 6.92 Å². The number of benzene rings is 2. The molecule has 0 radical (unpaired) electrons. The van der Waals surface area contributed by atoms with Crippen molar-refractivity contribution in [1.29, 1.82) is 0 Å². The lowest BCUT2D eigenvalue weighted by Crippen LogP contribution is -2.21. The largest absolute Gasteiger partial charge is 0.452 e. The zero-order valence-corrected chi connectivity index (χ0v) is 14.4. The fourth-order valence-electron chi connectivity index (χ4n) is 1.73. The van der Waals surface area contributed by atoms with E-state index in [4.69, 9.17) is 16.3 Å². The van der Waals surface area contributed by atoms with Crippen LogP contribution in [-0.2, 0) is 9.53 Å². The number of hydrogen-bond acceptors (Lipinski definition) is 3. The van der Waals surface area contributed by atoms with E-state index in [1.54, 1.807) is 19.1 Å². The van der Waals surface area contributed by atoms with Gasteiger partial charge in [0.25, 0.3) is 5.91 Å². The quantitative estimate of drug-likeness (QED) is 0.777. The Balaban J connectivity index is 1.94. The number of carbonyl (C=O) groups is 2. The first kappa shape index (κ1) is 17.4. The van der Waals surface area contributed by atoms with Gasteiger partial charge in [-0.3, -0.25) is 4.79 Å². The maximum absolute atomic E-state index is 13.4. The Morgan fingerprint density at radius 3 is 2.70 bits per heavy atom. The molecule has 0 aliphatic rings. The van der Waals surface area contributed by atoms with Gasteiger partial charge in [0.1, 0.15) is 5.82 Å². The lowest BCUT2D eigenvalue weighted by atomic mass is 10.2. The molecule has 0 aliphatic carbocycles. The average Bonchev–Trinajstić information content (AvgIpc) is 2.51. The van der Waals surface area contributed by atoms with Crippen LogP contribution in [0.2, 0.25) is 5.02 Å². The second kappa shape index (κ2) is 7.57. The number of rotatable bonds is 4. The minimum Gasteiger partial charge on any atom is -0.452 e. The molecule has 23 heavy (non-hydrogen) atoms. The van der Waals surface area contributed by atoms with Gasteiger partial charge in [-0.05, 0) is 42.8 Å². The molecule has 1 N–H and O–H groups in total. The Hall–Kier alpha value is -1.92. The third-order valence-corrected chi connectivity index (χ3v) is 3.76. The van der Waals surface area contributed by atoms with E-state index in [1.807, 2.05) is 0 Å². The monoisotopic (exact) mass is 399 g/mol.